The average Bonchev–Trinajstić information content (AvgIpc) is 2.85. The lowest BCUT2D eigenvalue weighted by atomic mass is 9.92. The van der Waals surface area contributed by atoms with Gasteiger partial charge in [-0.05, 0) is 33.1 Å². The Labute approximate surface area is 127 Å². The lowest BCUT2D eigenvalue weighted by Crippen LogP contribution is -2.63. The topological polar surface area (TPSA) is 28.2 Å². The molecule has 0 radical (unpaired) electrons. The predicted molar refractivity (Wildman–Crippen MR) is 87.3 cm³/mol. The minimum Gasteiger partial charge on any atom is -0.309 e. The monoisotopic (exact) mass is 295 g/mol. The minimum absolute atomic E-state index is 0.185. The van der Waals surface area contributed by atoms with E-state index in [1.807, 2.05) is 17.5 Å². The van der Waals surface area contributed by atoms with Gasteiger partial charge in [-0.15, -0.1) is 11.3 Å². The molecule has 1 aromatic rings. The number of nitrogens with one attached hydrogen (secondary N) is 1. The molecule has 0 aromatic carbocycles. The van der Waals surface area contributed by atoms with E-state index in [1.54, 1.807) is 0 Å². The first-order valence-electron chi connectivity index (χ1n) is 7.79. The molecule has 1 fully saturated rings. The normalized spacial score (nSPS) is 25.1. The average molecular weight is 295 g/mol. The van der Waals surface area contributed by atoms with Crippen LogP contribution >= 0.6 is 11.3 Å². The van der Waals surface area contributed by atoms with Gasteiger partial charge in [0.05, 0.1) is 6.04 Å². The minimum atomic E-state index is 0.185. The summed E-state index contributed by atoms with van der Waals surface area (Å²) < 4.78 is 0. The molecule has 2 atom stereocenters. The molecular formula is C16H29N3S. The van der Waals surface area contributed by atoms with Gasteiger partial charge < -0.3 is 5.32 Å². The van der Waals surface area contributed by atoms with E-state index in [9.17, 15) is 0 Å². The number of nitrogens with zero attached hydrogens (tertiary/aromatic N) is 2. The summed E-state index contributed by atoms with van der Waals surface area (Å²) in [6, 6.07) is 1.00. The molecule has 1 aliphatic heterocycles. The molecule has 2 heterocycles. The first kappa shape index (κ1) is 15.9. The van der Waals surface area contributed by atoms with E-state index in [-0.39, 0.29) is 5.54 Å². The van der Waals surface area contributed by atoms with Crippen molar-refractivity contribution >= 4 is 11.3 Å². The fourth-order valence-electron chi connectivity index (χ4n) is 2.99. The van der Waals surface area contributed by atoms with Crippen LogP contribution in [0.25, 0.3) is 0 Å². The van der Waals surface area contributed by atoms with Gasteiger partial charge in [0.25, 0.3) is 0 Å². The van der Waals surface area contributed by atoms with Crippen LogP contribution in [0.5, 0.6) is 0 Å². The molecule has 0 aliphatic carbocycles. The maximum atomic E-state index is 4.66. The number of rotatable bonds is 4. The lowest BCUT2D eigenvalue weighted by Gasteiger charge is -2.48. The Hall–Kier alpha value is -0.450. The molecule has 0 saturated carbocycles. The van der Waals surface area contributed by atoms with Crippen LogP contribution in [0.2, 0.25) is 0 Å². The number of hydrogen-bond acceptors (Lipinski definition) is 4. The Bertz CT molecular complexity index is 439. The third-order valence-corrected chi connectivity index (χ3v) is 5.65. The van der Waals surface area contributed by atoms with Gasteiger partial charge in [-0.25, -0.2) is 4.98 Å². The predicted octanol–water partition coefficient (Wildman–Crippen LogP) is 3.47. The Morgan fingerprint density at radius 1 is 1.45 bits per heavy atom. The first-order chi connectivity index (χ1) is 9.34. The molecule has 1 aliphatic rings. The second-order valence-corrected chi connectivity index (χ2v) is 8.09. The second-order valence-electron chi connectivity index (χ2n) is 6.94. The highest BCUT2D eigenvalue weighted by atomic mass is 32.1. The van der Waals surface area contributed by atoms with Crippen molar-refractivity contribution in [3.05, 3.63) is 16.1 Å². The van der Waals surface area contributed by atoms with Crippen LogP contribution in [0.4, 0.5) is 0 Å². The number of aromatic nitrogens is 1. The second kappa shape index (κ2) is 6.12. The third kappa shape index (κ3) is 3.41. The molecule has 0 amide bonds. The van der Waals surface area contributed by atoms with Crippen molar-refractivity contribution in [2.45, 2.75) is 65.6 Å². The van der Waals surface area contributed by atoms with Crippen molar-refractivity contribution in [1.29, 1.82) is 0 Å². The highest BCUT2D eigenvalue weighted by molar-refractivity contribution is 7.11. The summed E-state index contributed by atoms with van der Waals surface area (Å²) in [7, 11) is 0. The van der Waals surface area contributed by atoms with Crippen molar-refractivity contribution in [3.8, 4) is 0 Å². The fraction of sp³-hybridized carbons (Fsp3) is 0.812. The zero-order valence-electron chi connectivity index (χ0n) is 13.7. The summed E-state index contributed by atoms with van der Waals surface area (Å²) in [6.07, 6.45) is 3.14. The fourth-order valence-corrected chi connectivity index (χ4v) is 3.92. The summed E-state index contributed by atoms with van der Waals surface area (Å²) in [6.45, 7) is 15.9. The standard InChI is InChI=1S/C16H29N3S/c1-7-13-8-17-15(20-13)12(4)19-10-16(5,6)18-9-14(19)11(2)3/h8,11-12,14,18H,7,9-10H2,1-6H3. The number of thiazole rings is 1. The van der Waals surface area contributed by atoms with E-state index in [4.69, 9.17) is 0 Å². The van der Waals surface area contributed by atoms with Gasteiger partial charge >= 0.3 is 0 Å². The molecule has 2 unspecified atom stereocenters. The molecule has 1 saturated heterocycles. The van der Waals surface area contributed by atoms with Crippen molar-refractivity contribution in [1.82, 2.24) is 15.2 Å². The van der Waals surface area contributed by atoms with Crippen LogP contribution in [0.3, 0.4) is 0 Å². The van der Waals surface area contributed by atoms with Gasteiger partial charge in [-0.3, -0.25) is 4.90 Å². The quantitative estimate of drug-likeness (QED) is 0.922. The molecule has 1 N–H and O–H groups in total. The zero-order chi connectivity index (χ0) is 14.9. The van der Waals surface area contributed by atoms with E-state index in [2.05, 4.69) is 56.7 Å². The van der Waals surface area contributed by atoms with Crippen LogP contribution in [0.1, 0.15) is 57.5 Å². The summed E-state index contributed by atoms with van der Waals surface area (Å²) >= 11 is 1.88. The Morgan fingerprint density at radius 2 is 2.15 bits per heavy atom. The zero-order valence-corrected chi connectivity index (χ0v) is 14.5. The highest BCUT2D eigenvalue weighted by Gasteiger charge is 2.37. The van der Waals surface area contributed by atoms with Crippen LogP contribution in [-0.2, 0) is 6.42 Å². The smallest absolute Gasteiger partial charge is 0.110 e. The Morgan fingerprint density at radius 3 is 2.70 bits per heavy atom. The van der Waals surface area contributed by atoms with Gasteiger partial charge in [0.1, 0.15) is 5.01 Å². The molecule has 2 rings (SSSR count). The van der Waals surface area contributed by atoms with Crippen LogP contribution in [0.15, 0.2) is 6.20 Å². The molecule has 0 spiro atoms. The number of aryl methyl sites for hydroxylation is 1. The summed E-state index contributed by atoms with van der Waals surface area (Å²) in [5.41, 5.74) is 0.185. The van der Waals surface area contributed by atoms with Gasteiger partial charge in [0.2, 0.25) is 0 Å². The Balaban J connectivity index is 2.20. The van der Waals surface area contributed by atoms with Crippen molar-refractivity contribution in [2.24, 2.45) is 5.92 Å². The molecule has 3 nitrogen and oxygen atoms in total. The van der Waals surface area contributed by atoms with Gasteiger partial charge in [-0.1, -0.05) is 20.8 Å². The van der Waals surface area contributed by atoms with Crippen LogP contribution < -0.4 is 5.32 Å². The summed E-state index contributed by atoms with van der Waals surface area (Å²) in [5.74, 6) is 0.659. The third-order valence-electron chi connectivity index (χ3n) is 4.34. The maximum Gasteiger partial charge on any atom is 0.110 e. The van der Waals surface area contributed by atoms with E-state index < -0.39 is 0 Å². The summed E-state index contributed by atoms with van der Waals surface area (Å²) in [5, 5.41) is 4.95. The lowest BCUT2D eigenvalue weighted by molar-refractivity contribution is 0.0370. The molecule has 114 valence electrons. The van der Waals surface area contributed by atoms with Gasteiger partial charge in [-0.2, -0.15) is 0 Å². The SMILES string of the molecule is CCc1cnc(C(C)N2CC(C)(C)NCC2C(C)C)s1. The van der Waals surface area contributed by atoms with E-state index >= 15 is 0 Å². The molecule has 4 heteroatoms. The molecule has 1 aromatic heterocycles. The largest absolute Gasteiger partial charge is 0.309 e. The number of piperazine rings is 1. The van der Waals surface area contributed by atoms with E-state index in [1.165, 1.54) is 9.88 Å². The Kier molecular flexibility index (Phi) is 4.88. The van der Waals surface area contributed by atoms with Gasteiger partial charge in [0.15, 0.2) is 0 Å². The molecular weight excluding hydrogens is 266 g/mol. The van der Waals surface area contributed by atoms with Crippen LogP contribution in [-0.4, -0.2) is 34.6 Å². The molecule has 0 bridgehead atoms. The summed E-state index contributed by atoms with van der Waals surface area (Å²) in [4.78, 5) is 8.70. The maximum absolute atomic E-state index is 4.66. The first-order valence-corrected chi connectivity index (χ1v) is 8.61. The van der Waals surface area contributed by atoms with E-state index in [0.29, 0.717) is 18.0 Å². The number of hydrogen-bond donors (Lipinski definition) is 1. The van der Waals surface area contributed by atoms with Crippen molar-refractivity contribution in [3.63, 3.8) is 0 Å². The van der Waals surface area contributed by atoms with E-state index in [0.717, 1.165) is 19.5 Å². The highest BCUT2D eigenvalue weighted by Crippen LogP contribution is 2.32. The van der Waals surface area contributed by atoms with Crippen molar-refractivity contribution < 1.29 is 0 Å². The van der Waals surface area contributed by atoms with Crippen LogP contribution in [0, 0.1) is 5.92 Å². The van der Waals surface area contributed by atoms with Crippen molar-refractivity contribution in [2.75, 3.05) is 13.1 Å². The van der Waals surface area contributed by atoms with Gasteiger partial charge in [0, 0.05) is 35.7 Å². The molecule has 20 heavy (non-hydrogen) atoms.